The maximum absolute atomic E-state index is 13.1. The summed E-state index contributed by atoms with van der Waals surface area (Å²) in [6.07, 6.45) is 0.569. The van der Waals surface area contributed by atoms with Crippen molar-refractivity contribution in [3.8, 4) is 11.5 Å². The van der Waals surface area contributed by atoms with Crippen molar-refractivity contribution in [2.75, 3.05) is 13.1 Å². The molecule has 0 aliphatic heterocycles. The van der Waals surface area contributed by atoms with Crippen molar-refractivity contribution < 1.29 is 22.7 Å². The Morgan fingerprint density at radius 1 is 0.875 bits per heavy atom. The number of rotatable bonds is 10. The van der Waals surface area contributed by atoms with Crippen LogP contribution in [0.2, 0.25) is 0 Å². The molecule has 0 saturated carbocycles. The lowest BCUT2D eigenvalue weighted by Gasteiger charge is -2.21. The molecule has 3 aromatic rings. The molecule has 168 valence electrons. The Bertz CT molecular complexity index is 1110. The van der Waals surface area contributed by atoms with Gasteiger partial charge in [0.1, 0.15) is 24.7 Å². The van der Waals surface area contributed by atoms with E-state index in [4.69, 9.17) is 9.47 Å². The van der Waals surface area contributed by atoms with Gasteiger partial charge >= 0.3 is 5.97 Å². The summed E-state index contributed by atoms with van der Waals surface area (Å²) in [6.45, 7) is 3.82. The second-order valence-corrected chi connectivity index (χ2v) is 9.31. The second-order valence-electron chi connectivity index (χ2n) is 7.37. The van der Waals surface area contributed by atoms with E-state index in [2.05, 4.69) is 0 Å². The van der Waals surface area contributed by atoms with E-state index in [1.807, 2.05) is 68.4 Å². The molecule has 0 aromatic heterocycles. The lowest BCUT2D eigenvalue weighted by Crippen LogP contribution is -2.37. The number of esters is 1. The number of carbonyl (C=O) groups is 1. The summed E-state index contributed by atoms with van der Waals surface area (Å²) in [5.74, 6) is 0.599. The van der Waals surface area contributed by atoms with E-state index >= 15 is 0 Å². The third-order valence-electron chi connectivity index (χ3n) is 4.74. The third kappa shape index (κ3) is 6.42. The maximum atomic E-state index is 13.1. The minimum absolute atomic E-state index is 0.0954. The quantitative estimate of drug-likeness (QED) is 0.407. The molecule has 0 aliphatic rings. The van der Waals surface area contributed by atoms with E-state index in [1.54, 1.807) is 12.1 Å². The molecule has 0 spiro atoms. The molecule has 3 rings (SSSR count). The fourth-order valence-corrected chi connectivity index (χ4v) is 4.51. The summed E-state index contributed by atoms with van der Waals surface area (Å²) in [5, 5.41) is 0. The Hall–Kier alpha value is -3.16. The molecular formula is C25H27NO5S. The molecule has 32 heavy (non-hydrogen) atoms. The monoisotopic (exact) mass is 453 g/mol. The van der Waals surface area contributed by atoms with E-state index in [9.17, 15) is 13.2 Å². The largest absolute Gasteiger partial charge is 0.460 e. The normalized spacial score (nSPS) is 11.3. The van der Waals surface area contributed by atoms with Crippen LogP contribution in [0.15, 0.2) is 83.8 Å². The molecule has 0 unspecified atom stereocenters. The van der Waals surface area contributed by atoms with E-state index in [1.165, 1.54) is 12.1 Å². The highest BCUT2D eigenvalue weighted by Gasteiger charge is 2.26. The average Bonchev–Trinajstić information content (AvgIpc) is 2.80. The first-order valence-electron chi connectivity index (χ1n) is 10.4. The molecule has 3 aromatic carbocycles. The molecule has 0 saturated heterocycles. The first-order chi connectivity index (χ1) is 15.4. The van der Waals surface area contributed by atoms with Crippen molar-refractivity contribution in [2.24, 2.45) is 0 Å². The average molecular weight is 454 g/mol. The molecule has 0 amide bonds. The standard InChI is InChI=1S/C25H27NO5S/c1-3-17-26(18-25(27)30-19-21-7-5-4-6-8-21)32(28,29)24-15-13-23(14-16-24)31-22-11-9-20(2)10-12-22/h4-16H,3,17-19H2,1-2H3. The number of hydrogen-bond acceptors (Lipinski definition) is 5. The minimum Gasteiger partial charge on any atom is -0.460 e. The van der Waals surface area contributed by atoms with Crippen LogP contribution >= 0.6 is 0 Å². The van der Waals surface area contributed by atoms with Crippen molar-refractivity contribution in [3.63, 3.8) is 0 Å². The number of carbonyl (C=O) groups excluding carboxylic acids is 1. The molecule has 0 fully saturated rings. The summed E-state index contributed by atoms with van der Waals surface area (Å²) < 4.78 is 38.4. The van der Waals surface area contributed by atoms with Crippen LogP contribution in [0, 0.1) is 6.92 Å². The molecule has 6 nitrogen and oxygen atoms in total. The van der Waals surface area contributed by atoms with Gasteiger partial charge in [-0.2, -0.15) is 4.31 Å². The predicted octanol–water partition coefficient (Wildman–Crippen LogP) is 4.93. The van der Waals surface area contributed by atoms with Crippen molar-refractivity contribution in [1.82, 2.24) is 4.31 Å². The summed E-state index contributed by atoms with van der Waals surface area (Å²) in [7, 11) is -3.86. The molecule has 0 atom stereocenters. The van der Waals surface area contributed by atoms with Crippen LogP contribution in [-0.2, 0) is 26.2 Å². The van der Waals surface area contributed by atoms with Gasteiger partial charge in [-0.3, -0.25) is 4.79 Å². The van der Waals surface area contributed by atoms with Gasteiger partial charge in [-0.25, -0.2) is 8.42 Å². The van der Waals surface area contributed by atoms with Gasteiger partial charge in [0.25, 0.3) is 0 Å². The van der Waals surface area contributed by atoms with Crippen LogP contribution < -0.4 is 4.74 Å². The number of nitrogens with zero attached hydrogens (tertiary/aromatic N) is 1. The highest BCUT2D eigenvalue weighted by atomic mass is 32.2. The number of sulfonamides is 1. The van der Waals surface area contributed by atoms with Crippen molar-refractivity contribution >= 4 is 16.0 Å². The number of ether oxygens (including phenoxy) is 2. The second kappa shape index (κ2) is 10.9. The molecule has 0 bridgehead atoms. The Kier molecular flexibility index (Phi) is 8.03. The Morgan fingerprint density at radius 2 is 1.47 bits per heavy atom. The summed E-state index contributed by atoms with van der Waals surface area (Å²) >= 11 is 0. The van der Waals surface area contributed by atoms with E-state index in [0.29, 0.717) is 17.9 Å². The van der Waals surface area contributed by atoms with Crippen molar-refractivity contribution in [2.45, 2.75) is 31.8 Å². The van der Waals surface area contributed by atoms with Gasteiger partial charge in [0.15, 0.2) is 0 Å². The van der Waals surface area contributed by atoms with Crippen LogP contribution in [0.4, 0.5) is 0 Å². The first-order valence-corrected chi connectivity index (χ1v) is 11.9. The van der Waals surface area contributed by atoms with Gasteiger partial charge < -0.3 is 9.47 Å². The van der Waals surface area contributed by atoms with Gasteiger partial charge in [0, 0.05) is 6.54 Å². The topological polar surface area (TPSA) is 72.9 Å². The maximum Gasteiger partial charge on any atom is 0.321 e. The van der Waals surface area contributed by atoms with E-state index < -0.39 is 16.0 Å². The van der Waals surface area contributed by atoms with Crippen molar-refractivity contribution in [1.29, 1.82) is 0 Å². The third-order valence-corrected chi connectivity index (χ3v) is 6.60. The highest BCUT2D eigenvalue weighted by Crippen LogP contribution is 2.24. The van der Waals surface area contributed by atoms with E-state index in [-0.39, 0.29) is 24.6 Å². The van der Waals surface area contributed by atoms with Crippen LogP contribution in [-0.4, -0.2) is 31.8 Å². The van der Waals surface area contributed by atoms with Crippen LogP contribution in [0.3, 0.4) is 0 Å². The lowest BCUT2D eigenvalue weighted by atomic mass is 10.2. The Labute approximate surface area is 189 Å². The van der Waals surface area contributed by atoms with Crippen LogP contribution in [0.5, 0.6) is 11.5 Å². The lowest BCUT2D eigenvalue weighted by molar-refractivity contribution is -0.145. The zero-order valence-corrected chi connectivity index (χ0v) is 19.0. The smallest absolute Gasteiger partial charge is 0.321 e. The number of hydrogen-bond donors (Lipinski definition) is 0. The fraction of sp³-hybridized carbons (Fsp3) is 0.240. The Balaban J connectivity index is 1.66. The van der Waals surface area contributed by atoms with Gasteiger partial charge in [0.05, 0.1) is 4.90 Å². The Morgan fingerprint density at radius 3 is 2.06 bits per heavy atom. The van der Waals surface area contributed by atoms with Crippen LogP contribution in [0.1, 0.15) is 24.5 Å². The minimum atomic E-state index is -3.86. The molecule has 0 heterocycles. The van der Waals surface area contributed by atoms with Crippen molar-refractivity contribution in [3.05, 3.63) is 90.0 Å². The van der Waals surface area contributed by atoms with Gasteiger partial charge in [-0.05, 0) is 55.3 Å². The SMILES string of the molecule is CCCN(CC(=O)OCc1ccccc1)S(=O)(=O)c1ccc(Oc2ccc(C)cc2)cc1. The van der Waals surface area contributed by atoms with Gasteiger partial charge in [-0.1, -0.05) is 55.0 Å². The molecule has 0 aliphatic carbocycles. The molecule has 0 radical (unpaired) electrons. The predicted molar refractivity (Wildman–Crippen MR) is 123 cm³/mol. The molecular weight excluding hydrogens is 426 g/mol. The van der Waals surface area contributed by atoms with Gasteiger partial charge in [0.2, 0.25) is 10.0 Å². The first kappa shape index (κ1) is 23.5. The molecule has 7 heteroatoms. The summed E-state index contributed by atoms with van der Waals surface area (Å²) in [4.78, 5) is 12.4. The summed E-state index contributed by atoms with van der Waals surface area (Å²) in [5.41, 5.74) is 1.96. The van der Waals surface area contributed by atoms with E-state index in [0.717, 1.165) is 15.4 Å². The summed E-state index contributed by atoms with van der Waals surface area (Å²) in [6, 6.07) is 23.0. The fourth-order valence-electron chi connectivity index (χ4n) is 3.03. The van der Waals surface area contributed by atoms with Gasteiger partial charge in [-0.15, -0.1) is 0 Å². The molecule has 0 N–H and O–H groups in total. The number of benzene rings is 3. The number of aryl methyl sites for hydroxylation is 1. The highest BCUT2D eigenvalue weighted by molar-refractivity contribution is 7.89. The van der Waals surface area contributed by atoms with Crippen LogP contribution in [0.25, 0.3) is 0 Å². The zero-order valence-electron chi connectivity index (χ0n) is 18.2. The zero-order chi connectivity index (χ0) is 23.0.